The number of ether oxygens (including phenoxy) is 2. The van der Waals surface area contributed by atoms with Gasteiger partial charge in [0.05, 0.1) is 19.8 Å². The van der Waals surface area contributed by atoms with E-state index in [4.69, 9.17) is 9.47 Å². The van der Waals surface area contributed by atoms with Crippen molar-refractivity contribution >= 4 is 5.91 Å². The Morgan fingerprint density at radius 2 is 2.30 bits per heavy atom. The van der Waals surface area contributed by atoms with Gasteiger partial charge >= 0.3 is 0 Å². The summed E-state index contributed by atoms with van der Waals surface area (Å²) in [6.07, 6.45) is 5.96. The van der Waals surface area contributed by atoms with E-state index in [1.54, 1.807) is 13.3 Å². The first kappa shape index (κ1) is 19.4. The summed E-state index contributed by atoms with van der Waals surface area (Å²) in [5, 5.41) is 0. The van der Waals surface area contributed by atoms with Gasteiger partial charge in [0, 0.05) is 38.0 Å². The zero-order valence-electron chi connectivity index (χ0n) is 16.4. The average Bonchev–Trinajstić information content (AvgIpc) is 3.33. The van der Waals surface area contributed by atoms with Crippen LogP contribution in [0.2, 0.25) is 0 Å². The van der Waals surface area contributed by atoms with Gasteiger partial charge in [0.15, 0.2) is 0 Å². The Balaban J connectivity index is 1.74. The van der Waals surface area contributed by atoms with Crippen molar-refractivity contribution in [2.24, 2.45) is 5.92 Å². The number of nitrogens with zero attached hydrogens (tertiary/aromatic N) is 3. The monoisotopic (exact) mass is 371 g/mol. The lowest BCUT2D eigenvalue weighted by atomic mass is 10.1. The van der Waals surface area contributed by atoms with Gasteiger partial charge in [-0.1, -0.05) is 26.0 Å². The topological polar surface area (TPSA) is 56.6 Å². The molecule has 0 N–H and O–H groups in total. The first-order valence-corrected chi connectivity index (χ1v) is 9.60. The van der Waals surface area contributed by atoms with E-state index in [1.807, 2.05) is 43.1 Å². The number of hydrogen-bond acceptors (Lipinski definition) is 4. The molecule has 1 amide bonds. The molecule has 6 nitrogen and oxygen atoms in total. The van der Waals surface area contributed by atoms with E-state index in [9.17, 15) is 4.79 Å². The fourth-order valence-corrected chi connectivity index (χ4v) is 3.41. The number of benzene rings is 1. The number of hydrogen-bond donors (Lipinski definition) is 0. The zero-order chi connectivity index (χ0) is 19.2. The third-order valence-corrected chi connectivity index (χ3v) is 4.87. The van der Waals surface area contributed by atoms with Gasteiger partial charge < -0.3 is 18.9 Å². The highest BCUT2D eigenvalue weighted by Crippen LogP contribution is 2.18. The Hall–Kier alpha value is -2.34. The summed E-state index contributed by atoms with van der Waals surface area (Å²) in [5.41, 5.74) is 1.13. The maximum atomic E-state index is 12.7. The second kappa shape index (κ2) is 9.04. The van der Waals surface area contributed by atoms with Crippen LogP contribution in [0.5, 0.6) is 5.75 Å². The fraction of sp³-hybridized carbons (Fsp3) is 0.524. The summed E-state index contributed by atoms with van der Waals surface area (Å²) in [6.45, 7) is 6.48. The van der Waals surface area contributed by atoms with Crippen LogP contribution in [0, 0.1) is 5.92 Å². The van der Waals surface area contributed by atoms with E-state index in [0.717, 1.165) is 36.6 Å². The van der Waals surface area contributed by atoms with Crippen LogP contribution in [0.15, 0.2) is 36.7 Å². The van der Waals surface area contributed by atoms with Crippen molar-refractivity contribution in [1.82, 2.24) is 14.5 Å². The molecule has 0 bridgehead atoms. The Kier molecular flexibility index (Phi) is 6.50. The molecule has 0 aliphatic carbocycles. The number of carbonyl (C=O) groups is 1. The lowest BCUT2D eigenvalue weighted by Crippen LogP contribution is -2.39. The molecule has 0 unspecified atom stereocenters. The normalized spacial score (nSPS) is 16.7. The van der Waals surface area contributed by atoms with Crippen molar-refractivity contribution in [2.75, 3.05) is 20.3 Å². The predicted molar refractivity (Wildman–Crippen MR) is 104 cm³/mol. The summed E-state index contributed by atoms with van der Waals surface area (Å²) >= 11 is 0. The maximum absolute atomic E-state index is 12.7. The first-order valence-electron chi connectivity index (χ1n) is 9.60. The highest BCUT2D eigenvalue weighted by molar-refractivity contribution is 5.78. The quantitative estimate of drug-likeness (QED) is 0.715. The van der Waals surface area contributed by atoms with Crippen LogP contribution in [-0.4, -0.2) is 46.7 Å². The number of carbonyl (C=O) groups excluding carboxylic acids is 1. The molecule has 6 heteroatoms. The molecule has 0 saturated carbocycles. The van der Waals surface area contributed by atoms with Gasteiger partial charge in [0.25, 0.3) is 0 Å². The second-order valence-electron chi connectivity index (χ2n) is 7.33. The number of amides is 1. The average molecular weight is 371 g/mol. The van der Waals surface area contributed by atoms with Crippen LogP contribution >= 0.6 is 0 Å². The second-order valence-corrected chi connectivity index (χ2v) is 7.33. The van der Waals surface area contributed by atoms with Crippen molar-refractivity contribution < 1.29 is 14.3 Å². The minimum Gasteiger partial charge on any atom is -0.497 e. The molecule has 146 valence electrons. The molecule has 1 atom stereocenters. The van der Waals surface area contributed by atoms with Crippen LogP contribution in [0.1, 0.15) is 38.1 Å². The minimum atomic E-state index is -0.0480. The molecule has 1 fully saturated rings. The molecule has 1 aliphatic heterocycles. The summed E-state index contributed by atoms with van der Waals surface area (Å²) in [7, 11) is 1.67. The standard InChI is InChI=1S/C21H29N3O3/c1-16(2)21(25)24(14-19-8-5-11-27-19)15-20-22-9-10-23(20)13-17-6-4-7-18(12-17)26-3/h4,6-7,9-10,12,16,19H,5,8,11,13-15H2,1-3H3/t19-/m0/s1. The van der Waals surface area contributed by atoms with E-state index in [-0.39, 0.29) is 17.9 Å². The molecule has 1 saturated heterocycles. The molecular weight excluding hydrogens is 342 g/mol. The lowest BCUT2D eigenvalue weighted by molar-refractivity contribution is -0.136. The maximum Gasteiger partial charge on any atom is 0.225 e. The van der Waals surface area contributed by atoms with Gasteiger partial charge in [0.1, 0.15) is 11.6 Å². The highest BCUT2D eigenvalue weighted by Gasteiger charge is 2.25. The molecular formula is C21H29N3O3. The van der Waals surface area contributed by atoms with Gasteiger partial charge in [-0.3, -0.25) is 4.79 Å². The van der Waals surface area contributed by atoms with E-state index in [1.165, 1.54) is 0 Å². The largest absolute Gasteiger partial charge is 0.497 e. The van der Waals surface area contributed by atoms with E-state index >= 15 is 0 Å². The van der Waals surface area contributed by atoms with Crippen molar-refractivity contribution in [1.29, 1.82) is 0 Å². The fourth-order valence-electron chi connectivity index (χ4n) is 3.41. The highest BCUT2D eigenvalue weighted by atomic mass is 16.5. The Morgan fingerprint density at radius 3 is 3.00 bits per heavy atom. The molecule has 1 aromatic carbocycles. The van der Waals surface area contributed by atoms with E-state index in [2.05, 4.69) is 15.6 Å². The minimum absolute atomic E-state index is 0.0480. The van der Waals surface area contributed by atoms with Crippen molar-refractivity contribution in [3.8, 4) is 5.75 Å². The van der Waals surface area contributed by atoms with Crippen LogP contribution in [0.4, 0.5) is 0 Å². The molecule has 3 rings (SSSR count). The zero-order valence-corrected chi connectivity index (χ0v) is 16.4. The summed E-state index contributed by atoms with van der Waals surface area (Å²) in [4.78, 5) is 19.1. The Bertz CT molecular complexity index is 751. The summed E-state index contributed by atoms with van der Waals surface area (Å²) < 4.78 is 13.1. The van der Waals surface area contributed by atoms with E-state index in [0.29, 0.717) is 19.6 Å². The van der Waals surface area contributed by atoms with Gasteiger partial charge in [-0.15, -0.1) is 0 Å². The summed E-state index contributed by atoms with van der Waals surface area (Å²) in [6, 6.07) is 8.00. The number of imidazole rings is 1. The third kappa shape index (κ3) is 5.10. The van der Waals surface area contributed by atoms with Crippen molar-refractivity contribution in [3.05, 3.63) is 48.0 Å². The van der Waals surface area contributed by atoms with Crippen LogP contribution in [0.25, 0.3) is 0 Å². The molecule has 0 radical (unpaired) electrons. The van der Waals surface area contributed by atoms with E-state index < -0.39 is 0 Å². The third-order valence-electron chi connectivity index (χ3n) is 4.87. The SMILES string of the molecule is COc1cccc(Cn2ccnc2CN(C[C@@H]2CCCO2)C(=O)C(C)C)c1. The molecule has 1 aliphatic rings. The molecule has 1 aromatic heterocycles. The Morgan fingerprint density at radius 1 is 1.44 bits per heavy atom. The van der Waals surface area contributed by atoms with Gasteiger partial charge in [-0.25, -0.2) is 4.98 Å². The van der Waals surface area contributed by atoms with Crippen LogP contribution in [0.3, 0.4) is 0 Å². The van der Waals surface area contributed by atoms with Crippen molar-refractivity contribution in [2.45, 2.75) is 45.9 Å². The van der Waals surface area contributed by atoms with Crippen LogP contribution in [-0.2, 0) is 22.6 Å². The van der Waals surface area contributed by atoms with Crippen molar-refractivity contribution in [3.63, 3.8) is 0 Å². The Labute approximate surface area is 161 Å². The number of methoxy groups -OCH3 is 1. The smallest absolute Gasteiger partial charge is 0.225 e. The lowest BCUT2D eigenvalue weighted by Gasteiger charge is -2.27. The first-order chi connectivity index (χ1) is 13.1. The number of rotatable bonds is 8. The molecule has 2 heterocycles. The summed E-state index contributed by atoms with van der Waals surface area (Å²) in [5.74, 6) is 1.81. The number of aromatic nitrogens is 2. The van der Waals surface area contributed by atoms with Gasteiger partial charge in [-0.05, 0) is 30.5 Å². The van der Waals surface area contributed by atoms with Gasteiger partial charge in [-0.2, -0.15) is 0 Å². The molecule has 27 heavy (non-hydrogen) atoms. The van der Waals surface area contributed by atoms with Gasteiger partial charge in [0.2, 0.25) is 5.91 Å². The molecule has 0 spiro atoms. The molecule has 2 aromatic rings. The predicted octanol–water partition coefficient (Wildman–Crippen LogP) is 3.10. The van der Waals surface area contributed by atoms with Crippen LogP contribution < -0.4 is 4.74 Å².